The second-order valence-electron chi connectivity index (χ2n) is 4.91. The van der Waals surface area contributed by atoms with E-state index in [1.165, 1.54) is 0 Å². The van der Waals surface area contributed by atoms with Gasteiger partial charge >= 0.3 is 0 Å². The fourth-order valence-electron chi connectivity index (χ4n) is 1.81. The molecule has 112 valence electrons. The van der Waals surface area contributed by atoms with Gasteiger partial charge in [0.15, 0.2) is 5.69 Å². The third kappa shape index (κ3) is 3.59. The van der Waals surface area contributed by atoms with Gasteiger partial charge in [-0.3, -0.25) is 4.79 Å². The quantitative estimate of drug-likeness (QED) is 0.879. The van der Waals surface area contributed by atoms with Crippen molar-refractivity contribution in [2.24, 2.45) is 5.92 Å². The van der Waals surface area contributed by atoms with E-state index in [2.05, 4.69) is 15.6 Å². The van der Waals surface area contributed by atoms with Crippen LogP contribution in [-0.4, -0.2) is 39.2 Å². The van der Waals surface area contributed by atoms with Gasteiger partial charge in [0.05, 0.1) is 11.4 Å². The van der Waals surface area contributed by atoms with Crippen LogP contribution in [0.2, 0.25) is 5.02 Å². The number of halogens is 1. The van der Waals surface area contributed by atoms with Gasteiger partial charge in [-0.1, -0.05) is 29.8 Å². The number of amides is 1. The van der Waals surface area contributed by atoms with Crippen LogP contribution in [0.15, 0.2) is 24.3 Å². The molecule has 1 unspecified atom stereocenters. The smallest absolute Gasteiger partial charge is 0.273 e. The number of aromatic nitrogens is 3. The predicted octanol–water partition coefficient (Wildman–Crippen LogP) is 1.59. The Morgan fingerprint density at radius 2 is 2.29 bits per heavy atom. The number of carbonyl (C=O) groups excluding carboxylic acids is 1. The molecule has 6 nitrogen and oxygen atoms in total. The first kappa shape index (κ1) is 15.5. The van der Waals surface area contributed by atoms with E-state index in [0.29, 0.717) is 17.3 Å². The van der Waals surface area contributed by atoms with Gasteiger partial charge < -0.3 is 10.4 Å². The molecule has 2 N–H and O–H groups in total. The molecule has 7 heteroatoms. The Morgan fingerprint density at radius 3 is 2.95 bits per heavy atom. The summed E-state index contributed by atoms with van der Waals surface area (Å²) in [4.78, 5) is 12.1. The highest BCUT2D eigenvalue weighted by molar-refractivity contribution is 6.30. The van der Waals surface area contributed by atoms with Crippen LogP contribution in [0, 0.1) is 12.8 Å². The molecule has 0 saturated heterocycles. The van der Waals surface area contributed by atoms with Gasteiger partial charge in [0, 0.05) is 18.2 Å². The summed E-state index contributed by atoms with van der Waals surface area (Å²) in [5.74, 6) is -0.307. The van der Waals surface area contributed by atoms with Gasteiger partial charge in [0.25, 0.3) is 5.91 Å². The third-order valence-corrected chi connectivity index (χ3v) is 3.32. The van der Waals surface area contributed by atoms with E-state index in [4.69, 9.17) is 16.7 Å². The molecule has 0 aliphatic carbocycles. The number of hydrogen-bond donors (Lipinski definition) is 2. The van der Waals surface area contributed by atoms with E-state index in [9.17, 15) is 4.79 Å². The molecule has 2 aromatic rings. The van der Waals surface area contributed by atoms with Crippen LogP contribution in [0.1, 0.15) is 23.1 Å². The molecule has 2 rings (SSSR count). The number of aliphatic hydroxyl groups is 1. The molecular formula is C14H17ClN4O2. The van der Waals surface area contributed by atoms with Crippen molar-refractivity contribution in [1.29, 1.82) is 0 Å². The second-order valence-corrected chi connectivity index (χ2v) is 5.35. The Morgan fingerprint density at radius 1 is 1.52 bits per heavy atom. The summed E-state index contributed by atoms with van der Waals surface area (Å²) < 4.78 is 1.57. The molecule has 0 bridgehead atoms. The minimum Gasteiger partial charge on any atom is -0.396 e. The summed E-state index contributed by atoms with van der Waals surface area (Å²) in [6.07, 6.45) is 0. The summed E-state index contributed by atoms with van der Waals surface area (Å²) in [5, 5.41) is 20.2. The van der Waals surface area contributed by atoms with Gasteiger partial charge in [0.2, 0.25) is 0 Å². The molecule has 0 saturated carbocycles. The van der Waals surface area contributed by atoms with Crippen molar-refractivity contribution in [3.05, 3.63) is 40.7 Å². The molecule has 1 atom stereocenters. The van der Waals surface area contributed by atoms with Crippen molar-refractivity contribution in [2.75, 3.05) is 13.2 Å². The maximum absolute atomic E-state index is 12.1. The van der Waals surface area contributed by atoms with Gasteiger partial charge in [-0.2, -0.15) is 0 Å². The molecule has 21 heavy (non-hydrogen) atoms. The molecule has 0 radical (unpaired) electrons. The SMILES string of the molecule is Cc1c(C(=O)NCC(C)CO)nnn1-c1cccc(Cl)c1. The lowest BCUT2D eigenvalue weighted by atomic mass is 10.2. The normalized spacial score (nSPS) is 12.2. The monoisotopic (exact) mass is 308 g/mol. The largest absolute Gasteiger partial charge is 0.396 e. The van der Waals surface area contributed by atoms with Crippen molar-refractivity contribution in [3.63, 3.8) is 0 Å². The highest BCUT2D eigenvalue weighted by Gasteiger charge is 2.17. The van der Waals surface area contributed by atoms with Crippen LogP contribution in [0.5, 0.6) is 0 Å². The van der Waals surface area contributed by atoms with Crippen molar-refractivity contribution in [1.82, 2.24) is 20.3 Å². The summed E-state index contributed by atoms with van der Waals surface area (Å²) in [7, 11) is 0. The van der Waals surface area contributed by atoms with E-state index in [1.54, 1.807) is 23.7 Å². The van der Waals surface area contributed by atoms with E-state index in [0.717, 1.165) is 5.69 Å². The number of nitrogens with one attached hydrogen (secondary N) is 1. The van der Waals surface area contributed by atoms with Gasteiger partial charge in [0.1, 0.15) is 0 Å². The van der Waals surface area contributed by atoms with Gasteiger partial charge in [-0.05, 0) is 31.0 Å². The Labute approximate surface area is 127 Å². The molecule has 1 heterocycles. The highest BCUT2D eigenvalue weighted by Crippen LogP contribution is 2.16. The maximum Gasteiger partial charge on any atom is 0.273 e. The number of aliphatic hydroxyl groups excluding tert-OH is 1. The average Bonchev–Trinajstić information content (AvgIpc) is 2.86. The predicted molar refractivity (Wildman–Crippen MR) is 79.7 cm³/mol. The zero-order chi connectivity index (χ0) is 15.4. The maximum atomic E-state index is 12.1. The van der Waals surface area contributed by atoms with Crippen LogP contribution < -0.4 is 5.32 Å². The molecular weight excluding hydrogens is 292 g/mol. The molecule has 1 aromatic carbocycles. The van der Waals surface area contributed by atoms with Crippen molar-refractivity contribution < 1.29 is 9.90 Å². The topological polar surface area (TPSA) is 80.0 Å². The number of hydrogen-bond acceptors (Lipinski definition) is 4. The van der Waals surface area contributed by atoms with Crippen LogP contribution in [0.4, 0.5) is 0 Å². The minimum atomic E-state index is -0.305. The summed E-state index contributed by atoms with van der Waals surface area (Å²) >= 11 is 5.95. The Bertz CT molecular complexity index is 642. The number of carbonyl (C=O) groups is 1. The zero-order valence-corrected chi connectivity index (χ0v) is 12.6. The molecule has 1 amide bonds. The summed E-state index contributed by atoms with van der Waals surface area (Å²) in [6, 6.07) is 7.16. The van der Waals surface area contributed by atoms with E-state index in [1.807, 2.05) is 19.1 Å². The first-order valence-electron chi connectivity index (χ1n) is 6.60. The third-order valence-electron chi connectivity index (χ3n) is 3.09. The van der Waals surface area contributed by atoms with Crippen LogP contribution >= 0.6 is 11.6 Å². The number of rotatable bonds is 5. The zero-order valence-electron chi connectivity index (χ0n) is 11.9. The highest BCUT2D eigenvalue weighted by atomic mass is 35.5. The minimum absolute atomic E-state index is 0.00256. The van der Waals surface area contributed by atoms with Gasteiger partial charge in [-0.15, -0.1) is 5.10 Å². The van der Waals surface area contributed by atoms with E-state index >= 15 is 0 Å². The van der Waals surface area contributed by atoms with Crippen molar-refractivity contribution in [3.8, 4) is 5.69 Å². The Hall–Kier alpha value is -1.92. The Kier molecular flexibility index (Phi) is 4.93. The van der Waals surface area contributed by atoms with Crippen molar-refractivity contribution >= 4 is 17.5 Å². The molecule has 0 aliphatic heterocycles. The number of nitrogens with zero attached hydrogens (tertiary/aromatic N) is 3. The van der Waals surface area contributed by atoms with Gasteiger partial charge in [-0.25, -0.2) is 4.68 Å². The first-order chi connectivity index (χ1) is 10.0. The van der Waals surface area contributed by atoms with Crippen LogP contribution in [0.3, 0.4) is 0 Å². The fourth-order valence-corrected chi connectivity index (χ4v) is 1.99. The van der Waals surface area contributed by atoms with E-state index < -0.39 is 0 Å². The van der Waals surface area contributed by atoms with Crippen molar-refractivity contribution in [2.45, 2.75) is 13.8 Å². The lowest BCUT2D eigenvalue weighted by molar-refractivity contribution is 0.0936. The summed E-state index contributed by atoms with van der Waals surface area (Å²) in [6.45, 7) is 4.02. The average molecular weight is 309 g/mol. The molecule has 0 aliphatic rings. The lowest BCUT2D eigenvalue weighted by Gasteiger charge is -2.08. The molecule has 0 fully saturated rings. The molecule has 1 aromatic heterocycles. The summed E-state index contributed by atoms with van der Waals surface area (Å²) in [5.41, 5.74) is 1.64. The second kappa shape index (κ2) is 6.69. The van der Waals surface area contributed by atoms with Crippen LogP contribution in [-0.2, 0) is 0 Å². The lowest BCUT2D eigenvalue weighted by Crippen LogP contribution is -2.30. The van der Waals surface area contributed by atoms with E-state index in [-0.39, 0.29) is 24.1 Å². The standard InChI is InChI=1S/C14H17ClN4O2/c1-9(8-20)7-16-14(21)13-10(2)19(18-17-13)12-5-3-4-11(15)6-12/h3-6,9,20H,7-8H2,1-2H3,(H,16,21). The fraction of sp³-hybridized carbons (Fsp3) is 0.357. The molecule has 0 spiro atoms. The van der Waals surface area contributed by atoms with Crippen LogP contribution in [0.25, 0.3) is 5.69 Å². The number of benzene rings is 1. The first-order valence-corrected chi connectivity index (χ1v) is 6.98. The Balaban J connectivity index is 2.19.